The number of nitriles is 1. The van der Waals surface area contributed by atoms with Crippen LogP contribution in [0.4, 0.5) is 0 Å². The molecule has 0 saturated carbocycles. The summed E-state index contributed by atoms with van der Waals surface area (Å²) in [7, 11) is 1.53. The molecule has 0 saturated heterocycles. The number of carbonyl (C=O) groups excluding carboxylic acids is 1. The van der Waals surface area contributed by atoms with Crippen LogP contribution in [0.1, 0.15) is 11.1 Å². The van der Waals surface area contributed by atoms with Crippen LogP contribution < -0.4 is 44.1 Å². The zero-order valence-electron chi connectivity index (χ0n) is 18.1. The Hall–Kier alpha value is -3.02. The number of carbonyl (C=O) groups is 1. The van der Waals surface area contributed by atoms with E-state index in [1.54, 1.807) is 42.7 Å². The number of aliphatic carboxylic acids is 1. The normalized spacial score (nSPS) is 10.2. The Morgan fingerprint density at radius 2 is 1.85 bits per heavy atom. The van der Waals surface area contributed by atoms with Gasteiger partial charge < -0.3 is 19.4 Å². The molecule has 0 aliphatic rings. The molecule has 0 bridgehead atoms. The molecule has 8 heteroatoms. The molecule has 0 fully saturated rings. The Morgan fingerprint density at radius 1 is 1.06 bits per heavy atom. The Labute approximate surface area is 217 Å². The van der Waals surface area contributed by atoms with Crippen molar-refractivity contribution in [3.63, 3.8) is 0 Å². The smallest absolute Gasteiger partial charge is 0.550 e. The van der Waals surface area contributed by atoms with Crippen molar-refractivity contribution in [1.29, 1.82) is 5.26 Å². The molecule has 0 radical (unpaired) electrons. The quantitative estimate of drug-likeness (QED) is 0.381. The van der Waals surface area contributed by atoms with Crippen molar-refractivity contribution >= 4 is 28.5 Å². The summed E-state index contributed by atoms with van der Waals surface area (Å²) in [5, 5.41) is 22.2. The van der Waals surface area contributed by atoms with E-state index in [2.05, 4.69) is 11.1 Å². The fourth-order valence-corrected chi connectivity index (χ4v) is 4.26. The summed E-state index contributed by atoms with van der Waals surface area (Å²) < 4.78 is 11.4. The number of methoxy groups -OCH3 is 1. The first-order chi connectivity index (χ1) is 15.6. The Kier molecular flexibility index (Phi) is 8.37. The fraction of sp³-hybridized carbons (Fsp3) is 0.0800. The van der Waals surface area contributed by atoms with Crippen LogP contribution in [0.5, 0.6) is 17.2 Å². The monoisotopic (exact) mass is 464 g/mol. The van der Waals surface area contributed by atoms with Gasteiger partial charge in [0.05, 0.1) is 29.8 Å². The van der Waals surface area contributed by atoms with Crippen molar-refractivity contribution in [2.75, 3.05) is 7.11 Å². The van der Waals surface area contributed by atoms with Gasteiger partial charge in [-0.1, -0.05) is 36.0 Å². The van der Waals surface area contributed by atoms with Gasteiger partial charge >= 0.3 is 29.6 Å². The van der Waals surface area contributed by atoms with E-state index in [-0.39, 0.29) is 36.0 Å². The standard InChI is InChI=1S/C25H18N2O4S.Na/c1-30-18-7-9-23(17(12-18)13-25(28)29)32-24-10-11-27-15-22(24)31-21-8-6-16(14-26)19-4-2-3-5-20(19)21;/h2-12,15H,13H2,1H3,(H,28,29);/q;+1/p-1. The van der Waals surface area contributed by atoms with Crippen LogP contribution in [-0.4, -0.2) is 18.1 Å². The number of pyridine rings is 1. The van der Waals surface area contributed by atoms with Gasteiger partial charge in [-0.05, 0) is 42.0 Å². The Balaban J connectivity index is 0.00000306. The van der Waals surface area contributed by atoms with Gasteiger partial charge in [-0.2, -0.15) is 5.26 Å². The number of carboxylic acid groups (broad SMARTS) is 1. The molecule has 6 nitrogen and oxygen atoms in total. The molecule has 0 N–H and O–H groups in total. The van der Waals surface area contributed by atoms with Crippen LogP contribution in [0.15, 0.2) is 82.8 Å². The predicted molar refractivity (Wildman–Crippen MR) is 119 cm³/mol. The number of fused-ring (bicyclic) bond motifs is 1. The van der Waals surface area contributed by atoms with Gasteiger partial charge in [0.2, 0.25) is 0 Å². The molecule has 0 aliphatic heterocycles. The summed E-state index contributed by atoms with van der Waals surface area (Å²) in [4.78, 5) is 16.9. The van der Waals surface area contributed by atoms with E-state index in [9.17, 15) is 15.2 Å². The number of hydrogen-bond donors (Lipinski definition) is 0. The Bertz CT molecular complexity index is 1350. The molecule has 4 aromatic rings. The average molecular weight is 464 g/mol. The van der Waals surface area contributed by atoms with E-state index >= 15 is 0 Å². The molecule has 33 heavy (non-hydrogen) atoms. The average Bonchev–Trinajstić information content (AvgIpc) is 2.81. The maximum atomic E-state index is 11.2. The van der Waals surface area contributed by atoms with Gasteiger partial charge in [0.25, 0.3) is 0 Å². The maximum Gasteiger partial charge on any atom is 1.00 e. The summed E-state index contributed by atoms with van der Waals surface area (Å²) in [6.07, 6.45) is 3.02. The molecule has 0 aliphatic carbocycles. The number of carboxylic acids is 1. The first-order valence-electron chi connectivity index (χ1n) is 9.67. The van der Waals surface area contributed by atoms with E-state index in [0.29, 0.717) is 28.4 Å². The third-order valence-corrected chi connectivity index (χ3v) is 5.97. The minimum atomic E-state index is -1.17. The molecule has 0 spiro atoms. The molecule has 0 amide bonds. The van der Waals surface area contributed by atoms with E-state index in [0.717, 1.165) is 20.6 Å². The Morgan fingerprint density at radius 3 is 2.58 bits per heavy atom. The second-order valence-corrected chi connectivity index (χ2v) is 7.90. The number of nitrogens with zero attached hydrogens (tertiary/aromatic N) is 2. The second-order valence-electron chi connectivity index (χ2n) is 6.82. The summed E-state index contributed by atoms with van der Waals surface area (Å²) in [5.74, 6) is 0.512. The third kappa shape index (κ3) is 5.67. The van der Waals surface area contributed by atoms with Crippen LogP contribution >= 0.6 is 11.8 Å². The number of benzene rings is 3. The zero-order chi connectivity index (χ0) is 22.5. The van der Waals surface area contributed by atoms with Crippen molar-refractivity contribution in [2.24, 2.45) is 0 Å². The van der Waals surface area contributed by atoms with Gasteiger partial charge in [-0.25, -0.2) is 0 Å². The molecule has 4 rings (SSSR count). The number of ether oxygens (including phenoxy) is 2. The van der Waals surface area contributed by atoms with Gasteiger partial charge in [0.15, 0.2) is 5.75 Å². The van der Waals surface area contributed by atoms with Crippen LogP contribution in [0.2, 0.25) is 0 Å². The number of aromatic nitrogens is 1. The van der Waals surface area contributed by atoms with E-state index in [4.69, 9.17) is 9.47 Å². The SMILES string of the molecule is COc1ccc(Sc2ccncc2Oc2ccc(C#N)c3ccccc23)c(CC(=O)[O-])c1.[Na+]. The number of rotatable bonds is 7. The maximum absolute atomic E-state index is 11.2. The fourth-order valence-electron chi connectivity index (χ4n) is 3.30. The van der Waals surface area contributed by atoms with E-state index in [1.165, 1.54) is 18.9 Å². The van der Waals surface area contributed by atoms with Crippen LogP contribution in [0.25, 0.3) is 10.8 Å². The molecule has 0 atom stereocenters. The van der Waals surface area contributed by atoms with Crippen molar-refractivity contribution in [3.05, 3.63) is 84.2 Å². The summed E-state index contributed by atoms with van der Waals surface area (Å²) in [5.41, 5.74) is 1.15. The molecule has 158 valence electrons. The third-order valence-electron chi connectivity index (χ3n) is 4.79. The van der Waals surface area contributed by atoms with Gasteiger partial charge in [0.1, 0.15) is 11.5 Å². The number of hydrogen-bond acceptors (Lipinski definition) is 7. The van der Waals surface area contributed by atoms with Crippen molar-refractivity contribution < 1.29 is 48.9 Å². The zero-order valence-corrected chi connectivity index (χ0v) is 20.9. The molecule has 3 aromatic carbocycles. The summed E-state index contributed by atoms with van der Waals surface area (Å²) >= 11 is 1.37. The summed E-state index contributed by atoms with van der Waals surface area (Å²) in [6, 6.07) is 20.3. The van der Waals surface area contributed by atoms with Crippen LogP contribution in [-0.2, 0) is 11.2 Å². The molecule has 1 aromatic heterocycles. The van der Waals surface area contributed by atoms with Crippen molar-refractivity contribution in [1.82, 2.24) is 4.98 Å². The van der Waals surface area contributed by atoms with Gasteiger partial charge in [-0.3, -0.25) is 4.98 Å². The van der Waals surface area contributed by atoms with Crippen molar-refractivity contribution in [2.45, 2.75) is 16.2 Å². The summed E-state index contributed by atoms with van der Waals surface area (Å²) in [6.45, 7) is 0. The van der Waals surface area contributed by atoms with Crippen LogP contribution in [0.3, 0.4) is 0 Å². The first kappa shape index (κ1) is 24.6. The first-order valence-corrected chi connectivity index (χ1v) is 10.5. The van der Waals surface area contributed by atoms with Gasteiger partial charge in [-0.15, -0.1) is 0 Å². The molecular weight excluding hydrogens is 447 g/mol. The largest absolute Gasteiger partial charge is 1.00 e. The molecular formula is C25H17N2NaO4S. The topological polar surface area (TPSA) is 95.3 Å². The second kappa shape index (κ2) is 11.2. The molecule has 1 heterocycles. The van der Waals surface area contributed by atoms with E-state index < -0.39 is 5.97 Å². The minimum Gasteiger partial charge on any atom is -0.550 e. The predicted octanol–water partition coefficient (Wildman–Crippen LogP) is 1.35. The van der Waals surface area contributed by atoms with Crippen molar-refractivity contribution in [3.8, 4) is 23.3 Å². The van der Waals surface area contributed by atoms with E-state index in [1.807, 2.05) is 30.3 Å². The van der Waals surface area contributed by atoms with Crippen LogP contribution in [0, 0.1) is 11.3 Å². The minimum absolute atomic E-state index is 0. The molecule has 0 unspecified atom stereocenters. The van der Waals surface area contributed by atoms with Gasteiger partial charge in [0, 0.05) is 34.3 Å².